The van der Waals surface area contributed by atoms with Crippen molar-refractivity contribution in [2.24, 2.45) is 5.92 Å². The summed E-state index contributed by atoms with van der Waals surface area (Å²) in [5.74, 6) is 0.534. The number of aryl methyl sites for hydroxylation is 1. The SMILES string of the molecule is CCN(CC)CCN1C(=O)C(=O)/C(=C(/O)c2ccc(OCC(C)C)c(C)c2)[C@H]1c1ccc(OC)c(OC)c1. The Bertz CT molecular complexity index is 1190. The van der Waals surface area contributed by atoms with Crippen molar-refractivity contribution in [3.8, 4) is 17.2 Å². The number of ether oxygens (including phenoxy) is 3. The van der Waals surface area contributed by atoms with E-state index in [2.05, 4.69) is 32.6 Å². The zero-order valence-electron chi connectivity index (χ0n) is 23.5. The summed E-state index contributed by atoms with van der Waals surface area (Å²) in [7, 11) is 3.08. The van der Waals surface area contributed by atoms with Crippen molar-refractivity contribution in [2.75, 3.05) is 47.0 Å². The Labute approximate surface area is 225 Å². The molecule has 3 rings (SSSR count). The average molecular weight is 525 g/mol. The molecule has 38 heavy (non-hydrogen) atoms. The van der Waals surface area contributed by atoms with E-state index in [4.69, 9.17) is 14.2 Å². The average Bonchev–Trinajstić information content (AvgIpc) is 3.16. The molecule has 1 saturated heterocycles. The minimum absolute atomic E-state index is 0.0528. The van der Waals surface area contributed by atoms with Gasteiger partial charge in [0.2, 0.25) is 0 Å². The van der Waals surface area contributed by atoms with Crippen molar-refractivity contribution in [3.63, 3.8) is 0 Å². The van der Waals surface area contributed by atoms with Gasteiger partial charge in [0.25, 0.3) is 11.7 Å². The first-order chi connectivity index (χ1) is 18.2. The number of aliphatic hydroxyl groups is 1. The Morgan fingerprint density at radius 1 is 1.00 bits per heavy atom. The second-order valence-electron chi connectivity index (χ2n) is 9.82. The zero-order valence-corrected chi connectivity index (χ0v) is 23.5. The Kier molecular flexibility index (Phi) is 9.80. The summed E-state index contributed by atoms with van der Waals surface area (Å²) in [5, 5.41) is 11.5. The molecule has 8 heteroatoms. The van der Waals surface area contributed by atoms with Gasteiger partial charge in [-0.3, -0.25) is 9.59 Å². The number of nitrogens with zero attached hydrogens (tertiary/aromatic N) is 2. The van der Waals surface area contributed by atoms with E-state index in [9.17, 15) is 14.7 Å². The molecule has 2 aromatic carbocycles. The van der Waals surface area contributed by atoms with Gasteiger partial charge >= 0.3 is 0 Å². The third kappa shape index (κ3) is 6.13. The molecule has 1 amide bonds. The van der Waals surface area contributed by atoms with Crippen molar-refractivity contribution in [2.45, 2.75) is 40.7 Å². The van der Waals surface area contributed by atoms with Gasteiger partial charge in [0, 0.05) is 18.7 Å². The second kappa shape index (κ2) is 12.8. The summed E-state index contributed by atoms with van der Waals surface area (Å²) in [6, 6.07) is 9.79. The van der Waals surface area contributed by atoms with Gasteiger partial charge in [-0.05, 0) is 67.4 Å². The molecule has 1 fully saturated rings. The standard InChI is InChI=1S/C30H40N2O6/c1-8-31(9-2)14-15-32-27(21-10-13-24(36-6)25(17-21)37-7)26(29(34)30(32)35)28(33)22-11-12-23(20(5)16-22)38-18-19(3)4/h10-13,16-17,19,27,33H,8-9,14-15,18H2,1-7H3/b28-26+/t27-/m1/s1. The summed E-state index contributed by atoms with van der Waals surface area (Å²) in [6.45, 7) is 13.3. The summed E-state index contributed by atoms with van der Waals surface area (Å²) in [6.07, 6.45) is 0. The lowest BCUT2D eigenvalue weighted by Gasteiger charge is -2.28. The maximum absolute atomic E-state index is 13.4. The minimum atomic E-state index is -0.775. The van der Waals surface area contributed by atoms with E-state index in [-0.39, 0.29) is 11.3 Å². The number of carbonyl (C=O) groups is 2. The van der Waals surface area contributed by atoms with Crippen LogP contribution in [-0.4, -0.2) is 73.6 Å². The molecule has 1 atom stereocenters. The first-order valence-corrected chi connectivity index (χ1v) is 13.1. The smallest absolute Gasteiger partial charge is 0.295 e. The highest BCUT2D eigenvalue weighted by molar-refractivity contribution is 6.46. The van der Waals surface area contributed by atoms with E-state index in [0.29, 0.717) is 54.0 Å². The monoisotopic (exact) mass is 524 g/mol. The Balaban J connectivity index is 2.11. The first-order valence-electron chi connectivity index (χ1n) is 13.1. The minimum Gasteiger partial charge on any atom is -0.507 e. The number of likely N-dealkylation sites (N-methyl/N-ethyl adjacent to an activating group) is 1. The molecule has 0 saturated carbocycles. The van der Waals surface area contributed by atoms with Crippen LogP contribution in [0.3, 0.4) is 0 Å². The number of rotatable bonds is 12. The van der Waals surface area contributed by atoms with Crippen LogP contribution >= 0.6 is 0 Å². The van der Waals surface area contributed by atoms with E-state index in [1.165, 1.54) is 7.11 Å². The van der Waals surface area contributed by atoms with Crippen LogP contribution in [0.4, 0.5) is 0 Å². The lowest BCUT2D eigenvalue weighted by atomic mass is 9.94. The molecule has 8 nitrogen and oxygen atoms in total. The number of hydrogen-bond acceptors (Lipinski definition) is 7. The summed E-state index contributed by atoms with van der Waals surface area (Å²) < 4.78 is 16.7. The Hall–Kier alpha value is -3.52. The molecule has 1 N–H and O–H groups in total. The quantitative estimate of drug-likeness (QED) is 0.242. The largest absolute Gasteiger partial charge is 0.507 e. The zero-order chi connectivity index (χ0) is 28.0. The number of ketones is 1. The molecule has 0 bridgehead atoms. The summed E-state index contributed by atoms with van der Waals surface area (Å²) in [5.41, 5.74) is 1.98. The highest BCUT2D eigenvalue weighted by Crippen LogP contribution is 2.42. The Morgan fingerprint density at radius 3 is 2.24 bits per heavy atom. The molecule has 1 heterocycles. The molecule has 0 aromatic heterocycles. The molecule has 1 aliphatic rings. The summed E-state index contributed by atoms with van der Waals surface area (Å²) >= 11 is 0. The molecule has 0 spiro atoms. The number of aliphatic hydroxyl groups excluding tert-OH is 1. The molecule has 1 aliphatic heterocycles. The number of likely N-dealkylation sites (tertiary alicyclic amines) is 1. The van der Waals surface area contributed by atoms with Gasteiger partial charge in [-0.2, -0.15) is 0 Å². The predicted octanol–water partition coefficient (Wildman–Crippen LogP) is 4.81. The van der Waals surface area contributed by atoms with E-state index in [0.717, 1.165) is 18.7 Å². The molecule has 206 valence electrons. The highest BCUT2D eigenvalue weighted by Gasteiger charge is 2.46. The number of amides is 1. The van der Waals surface area contributed by atoms with Crippen LogP contribution in [0.1, 0.15) is 50.4 Å². The fourth-order valence-electron chi connectivity index (χ4n) is 4.64. The van der Waals surface area contributed by atoms with Gasteiger partial charge in [0.15, 0.2) is 11.5 Å². The van der Waals surface area contributed by atoms with E-state index >= 15 is 0 Å². The van der Waals surface area contributed by atoms with Gasteiger partial charge in [0.1, 0.15) is 11.5 Å². The third-order valence-corrected chi connectivity index (χ3v) is 6.84. The van der Waals surface area contributed by atoms with Crippen molar-refractivity contribution in [1.82, 2.24) is 9.80 Å². The fraction of sp³-hybridized carbons (Fsp3) is 0.467. The van der Waals surface area contributed by atoms with Crippen LogP contribution in [0.5, 0.6) is 17.2 Å². The maximum atomic E-state index is 13.4. The van der Waals surface area contributed by atoms with Gasteiger partial charge in [-0.1, -0.05) is 33.8 Å². The van der Waals surface area contributed by atoms with Crippen LogP contribution < -0.4 is 14.2 Å². The maximum Gasteiger partial charge on any atom is 0.295 e. The van der Waals surface area contributed by atoms with E-state index < -0.39 is 17.7 Å². The van der Waals surface area contributed by atoms with Crippen LogP contribution in [0.2, 0.25) is 0 Å². The van der Waals surface area contributed by atoms with Crippen LogP contribution in [0.15, 0.2) is 42.0 Å². The normalized spacial score (nSPS) is 17.0. The van der Waals surface area contributed by atoms with E-state index in [1.807, 2.05) is 6.92 Å². The molecule has 0 aliphatic carbocycles. The number of carbonyl (C=O) groups excluding carboxylic acids is 2. The predicted molar refractivity (Wildman–Crippen MR) is 148 cm³/mol. The molecule has 2 aromatic rings. The highest BCUT2D eigenvalue weighted by atomic mass is 16.5. The number of Topliss-reactive ketones (excluding diaryl/α,β-unsaturated/α-hetero) is 1. The second-order valence-corrected chi connectivity index (χ2v) is 9.82. The van der Waals surface area contributed by atoms with Crippen molar-refractivity contribution in [1.29, 1.82) is 0 Å². The van der Waals surface area contributed by atoms with Gasteiger partial charge in [-0.25, -0.2) is 0 Å². The van der Waals surface area contributed by atoms with Crippen LogP contribution in [0, 0.1) is 12.8 Å². The van der Waals surface area contributed by atoms with Gasteiger partial charge in [-0.15, -0.1) is 0 Å². The van der Waals surface area contributed by atoms with Crippen molar-refractivity contribution in [3.05, 3.63) is 58.7 Å². The molecular formula is C30H40N2O6. The molecule has 0 unspecified atom stereocenters. The van der Waals surface area contributed by atoms with Crippen LogP contribution in [0.25, 0.3) is 5.76 Å². The Morgan fingerprint density at radius 2 is 1.66 bits per heavy atom. The van der Waals surface area contributed by atoms with Gasteiger partial charge < -0.3 is 29.1 Å². The molecular weight excluding hydrogens is 484 g/mol. The lowest BCUT2D eigenvalue weighted by molar-refractivity contribution is -0.140. The fourth-order valence-corrected chi connectivity index (χ4v) is 4.64. The van der Waals surface area contributed by atoms with E-state index in [1.54, 1.807) is 48.4 Å². The van der Waals surface area contributed by atoms with Crippen molar-refractivity contribution < 1.29 is 28.9 Å². The number of methoxy groups -OCH3 is 2. The number of benzene rings is 2. The molecule has 0 radical (unpaired) electrons. The van der Waals surface area contributed by atoms with Crippen LogP contribution in [-0.2, 0) is 9.59 Å². The topological polar surface area (TPSA) is 88.5 Å². The summed E-state index contributed by atoms with van der Waals surface area (Å²) in [4.78, 5) is 30.4. The number of hydrogen-bond donors (Lipinski definition) is 1. The third-order valence-electron chi connectivity index (χ3n) is 6.84. The lowest BCUT2D eigenvalue weighted by Crippen LogP contribution is -2.38. The van der Waals surface area contributed by atoms with Gasteiger partial charge in [0.05, 0.1) is 32.4 Å². The van der Waals surface area contributed by atoms with Crippen molar-refractivity contribution >= 4 is 17.4 Å². The first kappa shape index (κ1) is 29.0.